The third-order valence-corrected chi connectivity index (χ3v) is 4.79. The Morgan fingerprint density at radius 3 is 2.75 bits per heavy atom. The number of anilines is 1. The Kier molecular flexibility index (Phi) is 5.29. The Bertz CT molecular complexity index is 569. The highest BCUT2D eigenvalue weighted by Crippen LogP contribution is 2.32. The summed E-state index contributed by atoms with van der Waals surface area (Å²) < 4.78 is 0. The van der Waals surface area contributed by atoms with Gasteiger partial charge in [0.15, 0.2) is 0 Å². The quantitative estimate of drug-likeness (QED) is 0.827. The van der Waals surface area contributed by atoms with Gasteiger partial charge in [-0.3, -0.25) is 0 Å². The van der Waals surface area contributed by atoms with Crippen LogP contribution in [-0.4, -0.2) is 17.8 Å². The number of aromatic nitrogens is 1. The average Bonchev–Trinajstić information content (AvgIpc) is 2.43. The Morgan fingerprint density at radius 1 is 1.35 bits per heavy atom. The predicted octanol–water partition coefficient (Wildman–Crippen LogP) is 3.68. The van der Waals surface area contributed by atoms with Crippen LogP contribution in [0, 0.1) is 6.92 Å². The zero-order valence-electron chi connectivity index (χ0n) is 11.6. The van der Waals surface area contributed by atoms with Crippen molar-refractivity contribution in [1.82, 2.24) is 10.3 Å². The van der Waals surface area contributed by atoms with Gasteiger partial charge >= 0.3 is 0 Å². The Hall–Kier alpha value is -1.23. The highest BCUT2D eigenvalue weighted by molar-refractivity contribution is 7.99. The third kappa shape index (κ3) is 3.45. The second-order valence-electron chi connectivity index (χ2n) is 4.51. The van der Waals surface area contributed by atoms with Crippen molar-refractivity contribution in [3.63, 3.8) is 0 Å². The molecule has 2 aromatic rings. The molecule has 3 nitrogen and oxygen atoms in total. The molecule has 20 heavy (non-hydrogen) atoms. The number of halogens is 1. The first kappa shape index (κ1) is 15.2. The summed E-state index contributed by atoms with van der Waals surface area (Å²) in [5, 5.41) is 4.09. The van der Waals surface area contributed by atoms with Gasteiger partial charge in [-0.25, -0.2) is 4.98 Å². The van der Waals surface area contributed by atoms with Crippen molar-refractivity contribution in [2.75, 3.05) is 18.5 Å². The lowest BCUT2D eigenvalue weighted by Crippen LogP contribution is -2.21. The van der Waals surface area contributed by atoms with Crippen LogP contribution in [0.1, 0.15) is 17.2 Å². The van der Waals surface area contributed by atoms with Crippen molar-refractivity contribution in [1.29, 1.82) is 0 Å². The van der Waals surface area contributed by atoms with Gasteiger partial charge in [0.2, 0.25) is 0 Å². The van der Waals surface area contributed by atoms with E-state index in [9.17, 15) is 0 Å². The minimum atomic E-state index is 0.143. The van der Waals surface area contributed by atoms with E-state index in [4.69, 9.17) is 17.3 Å². The van der Waals surface area contributed by atoms with Crippen molar-refractivity contribution in [2.24, 2.45) is 0 Å². The second kappa shape index (κ2) is 6.97. The van der Waals surface area contributed by atoms with Crippen LogP contribution in [0.3, 0.4) is 0 Å². The van der Waals surface area contributed by atoms with Crippen LogP contribution in [0.25, 0.3) is 0 Å². The number of nitrogens with two attached hydrogens (primary N) is 1. The lowest BCUT2D eigenvalue weighted by atomic mass is 10.0. The molecule has 0 amide bonds. The van der Waals surface area contributed by atoms with Crippen molar-refractivity contribution in [3.05, 3.63) is 52.7 Å². The fourth-order valence-corrected chi connectivity index (χ4v) is 3.45. The molecule has 0 aliphatic rings. The first-order chi connectivity index (χ1) is 9.63. The van der Waals surface area contributed by atoms with Crippen molar-refractivity contribution in [3.8, 4) is 0 Å². The number of aryl methyl sites for hydroxylation is 1. The molecule has 1 unspecified atom stereocenters. The highest BCUT2D eigenvalue weighted by Gasteiger charge is 2.16. The van der Waals surface area contributed by atoms with Crippen LogP contribution in [0.2, 0.25) is 5.02 Å². The molecule has 0 aliphatic carbocycles. The van der Waals surface area contributed by atoms with Gasteiger partial charge in [-0.05, 0) is 37.7 Å². The van der Waals surface area contributed by atoms with E-state index in [0.717, 1.165) is 26.8 Å². The Morgan fingerprint density at radius 2 is 2.10 bits per heavy atom. The second-order valence-corrected chi connectivity index (χ2v) is 5.98. The van der Waals surface area contributed by atoms with Gasteiger partial charge in [-0.15, -0.1) is 11.8 Å². The minimum Gasteiger partial charge on any atom is -0.383 e. The average molecular weight is 308 g/mol. The summed E-state index contributed by atoms with van der Waals surface area (Å²) in [7, 11) is 1.93. The van der Waals surface area contributed by atoms with E-state index < -0.39 is 0 Å². The van der Waals surface area contributed by atoms with E-state index in [-0.39, 0.29) is 6.04 Å². The van der Waals surface area contributed by atoms with E-state index in [0.29, 0.717) is 5.82 Å². The molecule has 3 N–H and O–H groups in total. The summed E-state index contributed by atoms with van der Waals surface area (Å²) >= 11 is 7.90. The molecule has 106 valence electrons. The van der Waals surface area contributed by atoms with E-state index >= 15 is 0 Å². The fraction of sp³-hybridized carbons (Fsp3) is 0.267. The summed E-state index contributed by atoms with van der Waals surface area (Å²) in [6.45, 7) is 2.05. The van der Waals surface area contributed by atoms with Gasteiger partial charge in [0.05, 0.1) is 5.02 Å². The topological polar surface area (TPSA) is 50.9 Å². The van der Waals surface area contributed by atoms with E-state index in [1.807, 2.05) is 37.4 Å². The molecule has 2 rings (SSSR count). The molecule has 5 heteroatoms. The predicted molar refractivity (Wildman–Crippen MR) is 87.4 cm³/mol. The van der Waals surface area contributed by atoms with E-state index in [2.05, 4.69) is 17.2 Å². The van der Waals surface area contributed by atoms with Gasteiger partial charge in [0.25, 0.3) is 0 Å². The molecule has 1 aromatic carbocycles. The lowest BCUT2D eigenvalue weighted by molar-refractivity contribution is 0.657. The maximum Gasteiger partial charge on any atom is 0.128 e. The van der Waals surface area contributed by atoms with Crippen molar-refractivity contribution >= 4 is 29.2 Å². The smallest absolute Gasteiger partial charge is 0.128 e. The van der Waals surface area contributed by atoms with E-state index in [1.165, 1.54) is 0 Å². The molecular formula is C15H18ClN3S. The number of thioether (sulfide) groups is 1. The summed E-state index contributed by atoms with van der Waals surface area (Å²) in [5.41, 5.74) is 8.22. The maximum atomic E-state index is 6.18. The normalized spacial score (nSPS) is 12.3. The number of pyridine rings is 1. The first-order valence-corrected chi connectivity index (χ1v) is 7.75. The lowest BCUT2D eigenvalue weighted by Gasteiger charge is -2.20. The first-order valence-electron chi connectivity index (χ1n) is 6.39. The molecule has 1 atom stereocenters. The molecule has 1 aromatic heterocycles. The Labute approximate surface area is 128 Å². The largest absolute Gasteiger partial charge is 0.383 e. The molecular weight excluding hydrogens is 290 g/mol. The van der Waals surface area contributed by atoms with Crippen LogP contribution in [0.15, 0.2) is 41.4 Å². The van der Waals surface area contributed by atoms with Gasteiger partial charge in [-0.1, -0.05) is 23.7 Å². The SMILES string of the molecule is CNC(CSc1ccccc1Cl)c1c(C)ccnc1N. The number of nitrogens with zero attached hydrogens (tertiary/aromatic N) is 1. The zero-order valence-corrected chi connectivity index (χ0v) is 13.1. The minimum absolute atomic E-state index is 0.143. The molecule has 1 heterocycles. The molecule has 0 radical (unpaired) electrons. The summed E-state index contributed by atoms with van der Waals surface area (Å²) in [4.78, 5) is 5.26. The fourth-order valence-electron chi connectivity index (χ4n) is 2.09. The number of benzene rings is 1. The van der Waals surface area contributed by atoms with E-state index in [1.54, 1.807) is 18.0 Å². The van der Waals surface area contributed by atoms with Crippen LogP contribution in [0.5, 0.6) is 0 Å². The number of nitrogens with one attached hydrogen (secondary N) is 1. The number of rotatable bonds is 5. The standard InChI is InChI=1S/C15H18ClN3S/c1-10-7-8-19-15(17)14(10)12(18-2)9-20-13-6-4-3-5-11(13)16/h3-8,12,18H,9H2,1-2H3,(H2,17,19). The maximum absolute atomic E-state index is 6.18. The number of hydrogen-bond acceptors (Lipinski definition) is 4. The molecule has 0 aliphatic heterocycles. The number of hydrogen-bond donors (Lipinski definition) is 2. The van der Waals surface area contributed by atoms with Crippen LogP contribution < -0.4 is 11.1 Å². The highest BCUT2D eigenvalue weighted by atomic mass is 35.5. The zero-order chi connectivity index (χ0) is 14.5. The van der Waals surface area contributed by atoms with Crippen LogP contribution in [-0.2, 0) is 0 Å². The monoisotopic (exact) mass is 307 g/mol. The number of nitrogen functional groups attached to an aromatic ring is 1. The Balaban J connectivity index is 2.16. The summed E-state index contributed by atoms with van der Waals surface area (Å²) in [6, 6.07) is 9.99. The van der Waals surface area contributed by atoms with Crippen LogP contribution >= 0.6 is 23.4 Å². The van der Waals surface area contributed by atoms with Crippen molar-refractivity contribution in [2.45, 2.75) is 17.9 Å². The molecule has 0 bridgehead atoms. The van der Waals surface area contributed by atoms with Gasteiger partial charge < -0.3 is 11.1 Å². The third-order valence-electron chi connectivity index (χ3n) is 3.18. The van der Waals surface area contributed by atoms with Gasteiger partial charge in [-0.2, -0.15) is 0 Å². The van der Waals surface area contributed by atoms with Gasteiger partial charge in [0, 0.05) is 28.5 Å². The molecule has 0 saturated carbocycles. The summed E-state index contributed by atoms with van der Waals surface area (Å²) in [6.07, 6.45) is 1.74. The van der Waals surface area contributed by atoms with Gasteiger partial charge in [0.1, 0.15) is 5.82 Å². The summed E-state index contributed by atoms with van der Waals surface area (Å²) in [5.74, 6) is 1.43. The van der Waals surface area contributed by atoms with Crippen LogP contribution in [0.4, 0.5) is 5.82 Å². The molecule has 0 saturated heterocycles. The molecule has 0 spiro atoms. The van der Waals surface area contributed by atoms with Crippen molar-refractivity contribution < 1.29 is 0 Å². The molecule has 0 fully saturated rings.